The van der Waals surface area contributed by atoms with Gasteiger partial charge in [0.1, 0.15) is 0 Å². The molecule has 0 bridgehead atoms. The van der Waals surface area contributed by atoms with E-state index in [-0.39, 0.29) is 17.6 Å². The Hall–Kier alpha value is 0.250. The van der Waals surface area contributed by atoms with Crippen molar-refractivity contribution in [1.29, 1.82) is 0 Å². The van der Waals surface area contributed by atoms with Gasteiger partial charge in [0.25, 0.3) is 0 Å². The first-order valence-electron chi connectivity index (χ1n) is 4.06. The summed E-state index contributed by atoms with van der Waals surface area (Å²) >= 11 is 11.7. The summed E-state index contributed by atoms with van der Waals surface area (Å²) in [6.07, 6.45) is 4.38. The van der Waals surface area contributed by atoms with Gasteiger partial charge >= 0.3 is 0 Å². The smallest absolute Gasteiger partial charge is 0.179 e. The van der Waals surface area contributed by atoms with Crippen LogP contribution < -0.4 is 0 Å². The molecular formula is C8H10Cl2O. The minimum Gasteiger partial charge on any atom is -0.296 e. The number of rotatable bonds is 0. The Morgan fingerprint density at radius 2 is 1.91 bits per heavy atom. The summed E-state index contributed by atoms with van der Waals surface area (Å²) in [4.78, 5) is 11.3. The van der Waals surface area contributed by atoms with Crippen LogP contribution in [0.2, 0.25) is 0 Å². The van der Waals surface area contributed by atoms with Gasteiger partial charge in [0.15, 0.2) is 10.1 Å². The predicted octanol–water partition coefficient (Wildman–Crippen LogP) is 2.55. The molecule has 0 aliphatic heterocycles. The van der Waals surface area contributed by atoms with E-state index in [4.69, 9.17) is 23.2 Å². The van der Waals surface area contributed by atoms with E-state index in [2.05, 4.69) is 0 Å². The second-order valence-electron chi connectivity index (χ2n) is 3.48. The van der Waals surface area contributed by atoms with Gasteiger partial charge in [-0.1, -0.05) is 36.0 Å². The lowest BCUT2D eigenvalue weighted by Crippen LogP contribution is -2.57. The van der Waals surface area contributed by atoms with Crippen molar-refractivity contribution in [3.8, 4) is 0 Å². The molecular weight excluding hydrogens is 183 g/mol. The van der Waals surface area contributed by atoms with Crippen molar-refractivity contribution >= 4 is 29.0 Å². The Kier molecular flexibility index (Phi) is 1.69. The fourth-order valence-electron chi connectivity index (χ4n) is 2.21. The summed E-state index contributed by atoms with van der Waals surface area (Å²) in [7, 11) is 0. The molecule has 2 fully saturated rings. The van der Waals surface area contributed by atoms with Crippen LogP contribution in [-0.4, -0.2) is 10.1 Å². The Bertz CT molecular complexity index is 200. The van der Waals surface area contributed by atoms with Crippen molar-refractivity contribution < 1.29 is 4.79 Å². The number of halogens is 2. The van der Waals surface area contributed by atoms with Gasteiger partial charge in [0.2, 0.25) is 0 Å². The fourth-order valence-corrected chi connectivity index (χ4v) is 3.01. The van der Waals surface area contributed by atoms with Crippen molar-refractivity contribution in [2.45, 2.75) is 30.0 Å². The maximum atomic E-state index is 11.3. The molecule has 0 aromatic rings. The molecule has 2 atom stereocenters. The third-order valence-corrected chi connectivity index (χ3v) is 3.83. The first-order chi connectivity index (χ1) is 5.14. The lowest BCUT2D eigenvalue weighted by Gasteiger charge is -2.48. The van der Waals surface area contributed by atoms with Crippen molar-refractivity contribution in [3.05, 3.63) is 0 Å². The normalized spacial score (nSPS) is 41.1. The van der Waals surface area contributed by atoms with Gasteiger partial charge in [0, 0.05) is 11.8 Å². The van der Waals surface area contributed by atoms with Crippen LogP contribution in [-0.2, 0) is 4.79 Å². The van der Waals surface area contributed by atoms with E-state index >= 15 is 0 Å². The summed E-state index contributed by atoms with van der Waals surface area (Å²) < 4.78 is -1.02. The highest BCUT2D eigenvalue weighted by atomic mass is 35.5. The first-order valence-corrected chi connectivity index (χ1v) is 4.82. The number of carbonyl (C=O) groups excluding carboxylic acids is 1. The summed E-state index contributed by atoms with van der Waals surface area (Å²) in [5.41, 5.74) is 0. The molecule has 2 aliphatic rings. The number of carbonyl (C=O) groups is 1. The molecule has 62 valence electrons. The third-order valence-electron chi connectivity index (χ3n) is 2.90. The van der Waals surface area contributed by atoms with Gasteiger partial charge in [-0.15, -0.1) is 0 Å². The highest BCUT2D eigenvalue weighted by molar-refractivity contribution is 6.60. The minimum atomic E-state index is -1.02. The van der Waals surface area contributed by atoms with Crippen LogP contribution in [0.5, 0.6) is 0 Å². The molecule has 0 aromatic carbocycles. The molecule has 0 saturated heterocycles. The zero-order chi connectivity index (χ0) is 8.06. The molecule has 0 aromatic heterocycles. The second-order valence-corrected chi connectivity index (χ2v) is 4.87. The van der Waals surface area contributed by atoms with Gasteiger partial charge in [-0.3, -0.25) is 4.79 Å². The number of hydrogen-bond acceptors (Lipinski definition) is 1. The van der Waals surface area contributed by atoms with Crippen molar-refractivity contribution in [2.24, 2.45) is 11.8 Å². The molecule has 2 saturated carbocycles. The number of fused-ring (bicyclic) bond motifs is 1. The average molecular weight is 193 g/mol. The Morgan fingerprint density at radius 3 is 2.55 bits per heavy atom. The van der Waals surface area contributed by atoms with Crippen molar-refractivity contribution in [3.63, 3.8) is 0 Å². The maximum absolute atomic E-state index is 11.3. The molecule has 0 heterocycles. The number of ketones is 1. The van der Waals surface area contributed by atoms with Crippen LogP contribution in [0.25, 0.3) is 0 Å². The molecule has 3 heteroatoms. The Morgan fingerprint density at radius 1 is 1.27 bits per heavy atom. The largest absolute Gasteiger partial charge is 0.296 e. The zero-order valence-corrected chi connectivity index (χ0v) is 7.66. The van der Waals surface area contributed by atoms with Gasteiger partial charge in [0.05, 0.1) is 0 Å². The highest BCUT2D eigenvalue weighted by Gasteiger charge is 2.60. The lowest BCUT2D eigenvalue weighted by atomic mass is 9.64. The number of hydrogen-bond donors (Lipinski definition) is 0. The van der Waals surface area contributed by atoms with Gasteiger partial charge < -0.3 is 0 Å². The van der Waals surface area contributed by atoms with E-state index in [0.29, 0.717) is 0 Å². The summed E-state index contributed by atoms with van der Waals surface area (Å²) in [5.74, 6) is 0.511. The fraction of sp³-hybridized carbons (Fsp3) is 0.875. The van der Waals surface area contributed by atoms with E-state index in [1.807, 2.05) is 0 Å². The quantitative estimate of drug-likeness (QED) is 0.540. The molecule has 2 aliphatic carbocycles. The van der Waals surface area contributed by atoms with Gasteiger partial charge in [-0.2, -0.15) is 0 Å². The van der Waals surface area contributed by atoms with Crippen molar-refractivity contribution in [1.82, 2.24) is 0 Å². The summed E-state index contributed by atoms with van der Waals surface area (Å²) in [6, 6.07) is 0. The molecule has 11 heavy (non-hydrogen) atoms. The van der Waals surface area contributed by atoms with Crippen molar-refractivity contribution in [2.75, 3.05) is 0 Å². The molecule has 0 radical (unpaired) electrons. The van der Waals surface area contributed by atoms with E-state index in [9.17, 15) is 4.79 Å². The van der Waals surface area contributed by atoms with E-state index < -0.39 is 4.33 Å². The molecule has 0 unspecified atom stereocenters. The van der Waals surface area contributed by atoms with Gasteiger partial charge in [-0.25, -0.2) is 0 Å². The topological polar surface area (TPSA) is 17.1 Å². The minimum absolute atomic E-state index is 0.0607. The molecule has 0 spiro atoms. The average Bonchev–Trinajstić information content (AvgIpc) is 2.04. The summed E-state index contributed by atoms with van der Waals surface area (Å²) in [5, 5.41) is 0. The maximum Gasteiger partial charge on any atom is 0.179 e. The van der Waals surface area contributed by atoms with Crippen LogP contribution in [0.1, 0.15) is 25.7 Å². The van der Waals surface area contributed by atoms with Crippen LogP contribution >= 0.6 is 23.2 Å². The lowest BCUT2D eigenvalue weighted by molar-refractivity contribution is -0.137. The van der Waals surface area contributed by atoms with Gasteiger partial charge in [-0.05, 0) is 12.8 Å². The Balaban J connectivity index is 2.15. The standard InChI is InChI=1S/C8H10Cl2O/c9-8(10)6-4-2-1-3-5(6)7(8)11/h5-6H,1-4H2/t5-,6+/m0/s1. The summed E-state index contributed by atoms with van der Waals surface area (Å²) in [6.45, 7) is 0. The van der Waals surface area contributed by atoms with Crippen LogP contribution in [0.3, 0.4) is 0 Å². The van der Waals surface area contributed by atoms with Crippen LogP contribution in [0, 0.1) is 11.8 Å². The predicted molar refractivity (Wildman–Crippen MR) is 44.9 cm³/mol. The second kappa shape index (κ2) is 2.37. The number of alkyl halides is 2. The monoisotopic (exact) mass is 192 g/mol. The van der Waals surface area contributed by atoms with Crippen LogP contribution in [0.15, 0.2) is 0 Å². The molecule has 2 rings (SSSR count). The van der Waals surface area contributed by atoms with Crippen LogP contribution in [0.4, 0.5) is 0 Å². The third kappa shape index (κ3) is 0.940. The first kappa shape index (κ1) is 7.88. The molecule has 0 N–H and O–H groups in total. The van der Waals surface area contributed by atoms with E-state index in [1.54, 1.807) is 0 Å². The molecule has 0 amide bonds. The van der Waals surface area contributed by atoms with E-state index in [0.717, 1.165) is 19.3 Å². The Labute approximate surface area is 76.1 Å². The zero-order valence-electron chi connectivity index (χ0n) is 6.15. The highest BCUT2D eigenvalue weighted by Crippen LogP contribution is 2.54. The number of Topliss-reactive ketones (excluding diaryl/α,β-unsaturated/α-hetero) is 1. The SMILES string of the molecule is O=C1[C@H]2CCCC[C@H]2C1(Cl)Cl. The van der Waals surface area contributed by atoms with E-state index in [1.165, 1.54) is 6.42 Å². The molecule has 1 nitrogen and oxygen atoms in total.